The van der Waals surface area contributed by atoms with Crippen molar-refractivity contribution in [2.24, 2.45) is 0 Å². The van der Waals surface area contributed by atoms with Gasteiger partial charge >= 0.3 is 11.5 Å². The Hall–Kier alpha value is -2.62. The first-order chi connectivity index (χ1) is 13.2. The Morgan fingerprint density at radius 1 is 1.11 bits per heavy atom. The summed E-state index contributed by atoms with van der Waals surface area (Å²) in [7, 11) is 0. The van der Waals surface area contributed by atoms with Gasteiger partial charge in [0.1, 0.15) is 5.54 Å². The van der Waals surface area contributed by atoms with Crippen LogP contribution in [-0.4, -0.2) is 32.9 Å². The van der Waals surface area contributed by atoms with Gasteiger partial charge in [0.15, 0.2) is 0 Å². The van der Waals surface area contributed by atoms with Gasteiger partial charge in [0, 0.05) is 17.6 Å². The monoisotopic (exact) mass is 411 g/mol. The minimum atomic E-state index is -4.42. The quantitative estimate of drug-likeness (QED) is 0.325. The third-order valence-corrected chi connectivity index (χ3v) is 5.46. The van der Waals surface area contributed by atoms with E-state index in [9.17, 15) is 27.2 Å². The van der Waals surface area contributed by atoms with Crippen LogP contribution in [0.25, 0.3) is 0 Å². The average molecular weight is 411 g/mol. The number of aromatic nitrogens is 1. The smallest absolute Gasteiger partial charge is 0.305 e. The molecule has 1 aliphatic heterocycles. The van der Waals surface area contributed by atoms with Crippen molar-refractivity contribution in [3.05, 3.63) is 54.1 Å². The maximum absolute atomic E-state index is 13.3. The van der Waals surface area contributed by atoms with Crippen molar-refractivity contribution >= 4 is 29.4 Å². The van der Waals surface area contributed by atoms with Gasteiger partial charge in [-0.3, -0.25) is 4.79 Å². The lowest BCUT2D eigenvalue weighted by Gasteiger charge is -2.21. The standard InChI is InChI=1S/C18H13F4N3O2S/c19-14-9-11(5-8-23-14)10-24-16(27)25(15(26)17(24)6-7-17)12-1-3-13(4-2-12)28-18(20,21)22/h1-5,8-9H,6-7,10H2. The van der Waals surface area contributed by atoms with Gasteiger partial charge in [0.25, 0.3) is 5.91 Å². The van der Waals surface area contributed by atoms with Crippen molar-refractivity contribution in [2.75, 3.05) is 4.90 Å². The number of benzene rings is 1. The van der Waals surface area contributed by atoms with Crippen molar-refractivity contribution in [1.29, 1.82) is 0 Å². The largest absolute Gasteiger partial charge is 0.446 e. The molecule has 2 aromatic rings. The summed E-state index contributed by atoms with van der Waals surface area (Å²) in [5.74, 6) is -1.10. The molecule has 0 radical (unpaired) electrons. The summed E-state index contributed by atoms with van der Waals surface area (Å²) >= 11 is -0.271. The summed E-state index contributed by atoms with van der Waals surface area (Å²) in [6.07, 6.45) is 2.26. The maximum atomic E-state index is 13.3. The van der Waals surface area contributed by atoms with Gasteiger partial charge in [-0.05, 0) is 66.6 Å². The van der Waals surface area contributed by atoms with Gasteiger partial charge in [0.2, 0.25) is 5.95 Å². The number of pyridine rings is 1. The van der Waals surface area contributed by atoms with Crippen LogP contribution in [0, 0.1) is 5.95 Å². The van der Waals surface area contributed by atoms with Crippen LogP contribution in [0.15, 0.2) is 47.5 Å². The second-order valence-electron chi connectivity index (χ2n) is 6.57. The molecule has 2 heterocycles. The number of anilines is 1. The molecule has 1 aliphatic carbocycles. The van der Waals surface area contributed by atoms with Crippen LogP contribution in [0.5, 0.6) is 0 Å². The number of carbonyl (C=O) groups excluding carboxylic acids is 2. The average Bonchev–Trinajstić information content (AvgIpc) is 3.38. The molecule has 0 N–H and O–H groups in total. The molecule has 1 spiro atoms. The number of halogens is 4. The van der Waals surface area contributed by atoms with Crippen molar-refractivity contribution < 1.29 is 27.2 Å². The van der Waals surface area contributed by atoms with E-state index in [-0.39, 0.29) is 28.9 Å². The van der Waals surface area contributed by atoms with E-state index in [0.29, 0.717) is 18.4 Å². The van der Waals surface area contributed by atoms with Gasteiger partial charge in [-0.2, -0.15) is 17.6 Å². The molecule has 1 aromatic heterocycles. The number of imide groups is 1. The third-order valence-electron chi connectivity index (χ3n) is 4.72. The Morgan fingerprint density at radius 2 is 1.79 bits per heavy atom. The second kappa shape index (κ2) is 6.47. The normalized spacial score (nSPS) is 18.3. The number of thioether (sulfide) groups is 1. The van der Waals surface area contributed by atoms with Crippen LogP contribution in [-0.2, 0) is 11.3 Å². The van der Waals surface area contributed by atoms with E-state index in [2.05, 4.69) is 4.98 Å². The van der Waals surface area contributed by atoms with Crippen molar-refractivity contribution in [1.82, 2.24) is 9.88 Å². The number of urea groups is 1. The zero-order valence-corrected chi connectivity index (χ0v) is 15.1. The number of nitrogens with zero attached hydrogens (tertiary/aromatic N) is 3. The molecular formula is C18H13F4N3O2S. The third kappa shape index (κ3) is 3.32. The number of carbonyl (C=O) groups is 2. The summed E-state index contributed by atoms with van der Waals surface area (Å²) in [4.78, 5) is 31.6. The highest BCUT2D eigenvalue weighted by atomic mass is 32.2. The van der Waals surface area contributed by atoms with Gasteiger partial charge in [-0.15, -0.1) is 0 Å². The Morgan fingerprint density at radius 3 is 2.36 bits per heavy atom. The fourth-order valence-corrected chi connectivity index (χ4v) is 3.82. The van der Waals surface area contributed by atoms with Gasteiger partial charge in [0.05, 0.1) is 5.69 Å². The molecular weight excluding hydrogens is 398 g/mol. The molecule has 0 atom stereocenters. The van der Waals surface area contributed by atoms with E-state index in [1.165, 1.54) is 41.4 Å². The Bertz CT molecular complexity index is 945. The minimum Gasteiger partial charge on any atom is -0.305 e. The molecule has 28 heavy (non-hydrogen) atoms. The number of amides is 3. The lowest BCUT2D eigenvalue weighted by Crippen LogP contribution is -2.36. The molecule has 146 valence electrons. The van der Waals surface area contributed by atoms with Crippen molar-refractivity contribution in [3.63, 3.8) is 0 Å². The molecule has 1 saturated heterocycles. The zero-order valence-electron chi connectivity index (χ0n) is 14.2. The summed E-state index contributed by atoms with van der Waals surface area (Å²) in [6, 6.07) is 7.24. The van der Waals surface area contributed by atoms with Gasteiger partial charge in [-0.25, -0.2) is 14.7 Å². The summed E-state index contributed by atoms with van der Waals surface area (Å²) < 4.78 is 50.8. The first-order valence-corrected chi connectivity index (χ1v) is 9.14. The lowest BCUT2D eigenvalue weighted by atomic mass is 10.2. The number of alkyl halides is 3. The zero-order chi connectivity index (χ0) is 20.1. The highest BCUT2D eigenvalue weighted by molar-refractivity contribution is 8.00. The lowest BCUT2D eigenvalue weighted by molar-refractivity contribution is -0.120. The summed E-state index contributed by atoms with van der Waals surface area (Å²) in [6.45, 7) is 0.0442. The highest BCUT2D eigenvalue weighted by Crippen LogP contribution is 2.50. The fraction of sp³-hybridized carbons (Fsp3) is 0.278. The molecule has 1 aromatic carbocycles. The minimum absolute atomic E-state index is 0.0411. The van der Waals surface area contributed by atoms with E-state index >= 15 is 0 Å². The number of hydrogen-bond donors (Lipinski definition) is 0. The molecule has 3 amide bonds. The SMILES string of the molecule is O=C1N(c2ccc(SC(F)(F)F)cc2)C(=O)C2(CC2)N1Cc1ccnc(F)c1. The van der Waals surface area contributed by atoms with Crippen LogP contribution >= 0.6 is 11.8 Å². The van der Waals surface area contributed by atoms with Crippen molar-refractivity contribution in [3.8, 4) is 0 Å². The molecule has 0 bridgehead atoms. The molecule has 10 heteroatoms. The van der Waals surface area contributed by atoms with E-state index in [1.54, 1.807) is 6.07 Å². The predicted octanol–water partition coefficient (Wildman–Crippen LogP) is 4.33. The van der Waals surface area contributed by atoms with Crippen LogP contribution < -0.4 is 4.90 Å². The number of rotatable bonds is 4. The maximum Gasteiger partial charge on any atom is 0.446 e. The Balaban J connectivity index is 1.59. The van der Waals surface area contributed by atoms with E-state index < -0.39 is 28.9 Å². The van der Waals surface area contributed by atoms with E-state index in [0.717, 1.165) is 4.90 Å². The topological polar surface area (TPSA) is 53.5 Å². The first kappa shape index (κ1) is 18.7. The second-order valence-corrected chi connectivity index (χ2v) is 7.71. The fourth-order valence-electron chi connectivity index (χ4n) is 3.28. The van der Waals surface area contributed by atoms with Gasteiger partial charge < -0.3 is 4.90 Å². The molecule has 2 aliphatic rings. The van der Waals surface area contributed by atoms with Crippen LogP contribution in [0.2, 0.25) is 0 Å². The molecule has 4 rings (SSSR count). The summed E-state index contributed by atoms with van der Waals surface area (Å²) in [5, 5.41) is 0. The van der Waals surface area contributed by atoms with Gasteiger partial charge in [-0.1, -0.05) is 0 Å². The van der Waals surface area contributed by atoms with Crippen molar-refractivity contribution in [2.45, 2.75) is 35.3 Å². The molecule has 5 nitrogen and oxygen atoms in total. The summed E-state index contributed by atoms with van der Waals surface area (Å²) in [5.41, 5.74) is -4.68. The first-order valence-electron chi connectivity index (χ1n) is 8.32. The molecule has 1 saturated carbocycles. The van der Waals surface area contributed by atoms with Crippen LogP contribution in [0.4, 0.5) is 28.0 Å². The Labute approximate surface area is 161 Å². The van der Waals surface area contributed by atoms with E-state index in [1.807, 2.05) is 0 Å². The number of hydrogen-bond acceptors (Lipinski definition) is 4. The molecule has 0 unspecified atom stereocenters. The Kier molecular flexibility index (Phi) is 4.33. The van der Waals surface area contributed by atoms with Crippen LogP contribution in [0.3, 0.4) is 0 Å². The molecule has 2 fully saturated rings. The van der Waals surface area contributed by atoms with Crippen LogP contribution in [0.1, 0.15) is 18.4 Å². The van der Waals surface area contributed by atoms with E-state index in [4.69, 9.17) is 0 Å². The predicted molar refractivity (Wildman–Crippen MR) is 92.9 cm³/mol. The highest BCUT2D eigenvalue weighted by Gasteiger charge is 2.65.